The van der Waals surface area contributed by atoms with Crippen molar-refractivity contribution >= 4 is 34.9 Å². The van der Waals surface area contributed by atoms with Crippen LogP contribution >= 0.6 is 23.1 Å². The Balaban J connectivity index is 1.60. The van der Waals surface area contributed by atoms with E-state index in [2.05, 4.69) is 17.8 Å². The van der Waals surface area contributed by atoms with Gasteiger partial charge in [0.2, 0.25) is 0 Å². The number of hydrazine groups is 1. The zero-order valence-corrected chi connectivity index (χ0v) is 16.1. The van der Waals surface area contributed by atoms with Crippen LogP contribution in [0.25, 0.3) is 0 Å². The topological polar surface area (TPSA) is 58.2 Å². The highest BCUT2D eigenvalue weighted by Crippen LogP contribution is 2.32. The first-order valence-corrected chi connectivity index (χ1v) is 10.6. The van der Waals surface area contributed by atoms with Crippen molar-refractivity contribution in [2.75, 3.05) is 6.26 Å². The van der Waals surface area contributed by atoms with Crippen LogP contribution in [0, 0.1) is 5.92 Å². The Kier molecular flexibility index (Phi) is 5.81. The Labute approximate surface area is 156 Å². The van der Waals surface area contributed by atoms with Crippen molar-refractivity contribution in [3.63, 3.8) is 0 Å². The summed E-state index contributed by atoms with van der Waals surface area (Å²) < 4.78 is 0. The van der Waals surface area contributed by atoms with Gasteiger partial charge >= 0.3 is 0 Å². The number of benzene rings is 1. The van der Waals surface area contributed by atoms with Crippen LogP contribution in [0.4, 0.5) is 0 Å². The SMILES string of the molecule is CSCc1cccc(C(=O)NNC(=O)c2cc3c(s2)CC[C@@H](C)C3)c1. The first kappa shape index (κ1) is 18.0. The molecule has 0 bridgehead atoms. The third-order valence-corrected chi connectivity index (χ3v) is 6.20. The fraction of sp³-hybridized carbons (Fsp3) is 0.368. The van der Waals surface area contributed by atoms with Gasteiger partial charge in [0.05, 0.1) is 4.88 Å². The van der Waals surface area contributed by atoms with Gasteiger partial charge in [-0.25, -0.2) is 0 Å². The number of hydrogen-bond acceptors (Lipinski definition) is 4. The zero-order valence-electron chi connectivity index (χ0n) is 14.4. The molecule has 0 radical (unpaired) electrons. The van der Waals surface area contributed by atoms with Gasteiger partial charge in [-0.15, -0.1) is 11.3 Å². The minimum atomic E-state index is -0.300. The predicted molar refractivity (Wildman–Crippen MR) is 104 cm³/mol. The average Bonchev–Trinajstić information content (AvgIpc) is 3.03. The van der Waals surface area contributed by atoms with E-state index in [4.69, 9.17) is 0 Å². The van der Waals surface area contributed by atoms with Gasteiger partial charge in [0.1, 0.15) is 0 Å². The highest BCUT2D eigenvalue weighted by atomic mass is 32.2. The standard InChI is InChI=1S/C19H22N2O2S2/c1-12-6-7-16-15(8-12)10-17(25-16)19(23)21-20-18(22)14-5-3-4-13(9-14)11-24-2/h3-5,9-10,12H,6-8,11H2,1-2H3,(H,20,22)(H,21,23)/t12-/m1/s1. The molecule has 0 spiro atoms. The van der Waals surface area contributed by atoms with Crippen LogP contribution in [0.1, 0.15) is 49.4 Å². The van der Waals surface area contributed by atoms with E-state index < -0.39 is 0 Å². The van der Waals surface area contributed by atoms with Gasteiger partial charge in [0, 0.05) is 16.2 Å². The summed E-state index contributed by atoms with van der Waals surface area (Å²) >= 11 is 3.24. The van der Waals surface area contributed by atoms with Crippen molar-refractivity contribution in [1.82, 2.24) is 10.9 Å². The van der Waals surface area contributed by atoms with Gasteiger partial charge in [-0.3, -0.25) is 20.4 Å². The smallest absolute Gasteiger partial charge is 0.267 e. The molecule has 1 aliphatic rings. The van der Waals surface area contributed by atoms with E-state index in [1.54, 1.807) is 17.8 Å². The monoisotopic (exact) mass is 374 g/mol. The molecule has 1 aromatic carbocycles. The summed E-state index contributed by atoms with van der Waals surface area (Å²) in [7, 11) is 0. The van der Waals surface area contributed by atoms with E-state index in [-0.39, 0.29) is 11.8 Å². The number of thioether (sulfide) groups is 1. The van der Waals surface area contributed by atoms with Gasteiger partial charge in [0.15, 0.2) is 0 Å². The summed E-state index contributed by atoms with van der Waals surface area (Å²) in [5.41, 5.74) is 7.97. The van der Waals surface area contributed by atoms with Gasteiger partial charge in [-0.05, 0) is 60.8 Å². The summed E-state index contributed by atoms with van der Waals surface area (Å²) in [6.07, 6.45) is 5.28. The quantitative estimate of drug-likeness (QED) is 0.800. The lowest BCUT2D eigenvalue weighted by atomic mass is 9.90. The molecule has 1 heterocycles. The molecular formula is C19H22N2O2S2. The number of amides is 2. The molecule has 2 amide bonds. The van der Waals surface area contributed by atoms with E-state index in [0.29, 0.717) is 16.4 Å². The second-order valence-corrected chi connectivity index (χ2v) is 8.45. The lowest BCUT2D eigenvalue weighted by Crippen LogP contribution is -2.41. The molecule has 0 fully saturated rings. The number of carbonyl (C=O) groups excluding carboxylic acids is 2. The Hall–Kier alpha value is -1.79. The predicted octanol–water partition coefficient (Wildman–Crippen LogP) is 3.81. The van der Waals surface area contributed by atoms with Crippen LogP contribution < -0.4 is 10.9 Å². The molecule has 0 aliphatic heterocycles. The van der Waals surface area contributed by atoms with Crippen molar-refractivity contribution < 1.29 is 9.59 Å². The van der Waals surface area contributed by atoms with Crippen LogP contribution in [-0.4, -0.2) is 18.1 Å². The van der Waals surface area contributed by atoms with E-state index in [1.807, 2.05) is 30.5 Å². The van der Waals surface area contributed by atoms with Crippen LogP contribution in [0.5, 0.6) is 0 Å². The summed E-state index contributed by atoms with van der Waals surface area (Å²) in [5, 5.41) is 0. The maximum absolute atomic E-state index is 12.3. The molecule has 25 heavy (non-hydrogen) atoms. The molecule has 0 saturated heterocycles. The highest BCUT2D eigenvalue weighted by molar-refractivity contribution is 7.97. The summed E-state index contributed by atoms with van der Waals surface area (Å²) in [4.78, 5) is 26.5. The average molecular weight is 375 g/mol. The Morgan fingerprint density at radius 3 is 2.84 bits per heavy atom. The molecule has 1 aliphatic carbocycles. The molecule has 6 heteroatoms. The number of hydrogen-bond donors (Lipinski definition) is 2. The Bertz CT molecular complexity index is 785. The number of fused-ring (bicyclic) bond motifs is 1. The molecule has 1 aromatic heterocycles. The lowest BCUT2D eigenvalue weighted by molar-refractivity contribution is 0.0849. The maximum Gasteiger partial charge on any atom is 0.279 e. The van der Waals surface area contributed by atoms with E-state index in [1.165, 1.54) is 28.2 Å². The molecule has 0 saturated carbocycles. The van der Waals surface area contributed by atoms with Gasteiger partial charge in [-0.1, -0.05) is 19.1 Å². The largest absolute Gasteiger partial charge is 0.279 e. The molecule has 132 valence electrons. The van der Waals surface area contributed by atoms with E-state index in [0.717, 1.165) is 24.2 Å². The van der Waals surface area contributed by atoms with Gasteiger partial charge < -0.3 is 0 Å². The normalized spacial score (nSPS) is 16.2. The second kappa shape index (κ2) is 8.06. The number of rotatable bonds is 4. The van der Waals surface area contributed by atoms with Crippen molar-refractivity contribution in [1.29, 1.82) is 0 Å². The van der Waals surface area contributed by atoms with Gasteiger partial charge in [-0.2, -0.15) is 11.8 Å². The first-order valence-electron chi connectivity index (χ1n) is 8.37. The molecular weight excluding hydrogens is 352 g/mol. The third-order valence-electron chi connectivity index (χ3n) is 4.34. The molecule has 2 N–H and O–H groups in total. The fourth-order valence-corrected chi connectivity index (χ4v) is 4.65. The van der Waals surface area contributed by atoms with Crippen molar-refractivity contribution in [2.45, 2.75) is 31.9 Å². The number of nitrogens with one attached hydrogen (secondary N) is 2. The molecule has 0 unspecified atom stereocenters. The van der Waals surface area contributed by atoms with E-state index >= 15 is 0 Å². The minimum absolute atomic E-state index is 0.249. The second-order valence-electron chi connectivity index (χ2n) is 6.45. The fourth-order valence-electron chi connectivity index (χ4n) is 3.03. The molecule has 4 nitrogen and oxygen atoms in total. The highest BCUT2D eigenvalue weighted by Gasteiger charge is 2.21. The van der Waals surface area contributed by atoms with Crippen molar-refractivity contribution in [3.05, 3.63) is 56.8 Å². The summed E-state index contributed by atoms with van der Waals surface area (Å²) in [6, 6.07) is 9.41. The minimum Gasteiger partial charge on any atom is -0.267 e. The Morgan fingerprint density at radius 2 is 2.04 bits per heavy atom. The molecule has 3 rings (SSSR count). The summed E-state index contributed by atoms with van der Waals surface area (Å²) in [6.45, 7) is 2.24. The molecule has 2 aromatic rings. The lowest BCUT2D eigenvalue weighted by Gasteiger charge is -2.16. The van der Waals surface area contributed by atoms with Crippen molar-refractivity contribution in [2.24, 2.45) is 5.92 Å². The zero-order chi connectivity index (χ0) is 17.8. The number of aryl methyl sites for hydroxylation is 1. The van der Waals surface area contributed by atoms with Crippen LogP contribution in [-0.2, 0) is 18.6 Å². The van der Waals surface area contributed by atoms with Crippen molar-refractivity contribution in [3.8, 4) is 0 Å². The first-order chi connectivity index (χ1) is 12.1. The van der Waals surface area contributed by atoms with E-state index in [9.17, 15) is 9.59 Å². The van der Waals surface area contributed by atoms with Crippen LogP contribution in [0.2, 0.25) is 0 Å². The van der Waals surface area contributed by atoms with Crippen LogP contribution in [0.15, 0.2) is 30.3 Å². The Morgan fingerprint density at radius 1 is 1.24 bits per heavy atom. The maximum atomic E-state index is 12.3. The van der Waals surface area contributed by atoms with Gasteiger partial charge in [0.25, 0.3) is 11.8 Å². The molecule has 1 atom stereocenters. The number of thiophene rings is 1. The van der Waals surface area contributed by atoms with Crippen LogP contribution in [0.3, 0.4) is 0 Å². The summed E-state index contributed by atoms with van der Waals surface area (Å²) in [5.74, 6) is 0.977. The number of carbonyl (C=O) groups is 2. The third kappa shape index (κ3) is 4.44.